The van der Waals surface area contributed by atoms with E-state index in [1.165, 1.54) is 0 Å². The van der Waals surface area contributed by atoms with Crippen LogP contribution in [0.2, 0.25) is 0 Å². The Labute approximate surface area is 118 Å². The monoisotopic (exact) mass is 270 g/mol. The van der Waals surface area contributed by atoms with E-state index in [9.17, 15) is 14.9 Å². The average Bonchev–Trinajstić information content (AvgIpc) is 2.64. The van der Waals surface area contributed by atoms with Gasteiger partial charge in [0.25, 0.3) is 0 Å². The van der Waals surface area contributed by atoms with E-state index >= 15 is 0 Å². The summed E-state index contributed by atoms with van der Waals surface area (Å²) in [6.45, 7) is 4.12. The SMILES string of the molecule is CC1(C)CC(=O)C=CC1N1C2CC(C#N)C1C=CC2=O. The lowest BCUT2D eigenvalue weighted by Gasteiger charge is -2.45. The molecular weight excluding hydrogens is 252 g/mol. The highest BCUT2D eigenvalue weighted by atomic mass is 16.1. The number of nitrogens with zero attached hydrogens (tertiary/aromatic N) is 2. The van der Waals surface area contributed by atoms with Crippen molar-refractivity contribution in [1.29, 1.82) is 5.26 Å². The highest BCUT2D eigenvalue weighted by Gasteiger charge is 2.51. The molecule has 0 N–H and O–H groups in total. The first kappa shape index (κ1) is 13.3. The lowest BCUT2D eigenvalue weighted by molar-refractivity contribution is -0.122. The predicted molar refractivity (Wildman–Crippen MR) is 73.6 cm³/mol. The summed E-state index contributed by atoms with van der Waals surface area (Å²) < 4.78 is 0. The van der Waals surface area contributed by atoms with Gasteiger partial charge in [0.15, 0.2) is 11.6 Å². The molecule has 2 heterocycles. The molecule has 0 aromatic carbocycles. The Morgan fingerprint density at radius 1 is 1.30 bits per heavy atom. The van der Waals surface area contributed by atoms with Crippen LogP contribution in [0.3, 0.4) is 0 Å². The normalized spacial score (nSPS) is 39.0. The van der Waals surface area contributed by atoms with Crippen LogP contribution in [0.25, 0.3) is 0 Å². The van der Waals surface area contributed by atoms with Crippen LogP contribution in [0.15, 0.2) is 24.3 Å². The minimum Gasteiger partial charge on any atom is -0.295 e. The molecule has 0 saturated carbocycles. The van der Waals surface area contributed by atoms with Crippen molar-refractivity contribution in [2.45, 2.75) is 44.8 Å². The Balaban J connectivity index is 2.00. The Bertz CT molecular complexity index is 568. The molecular formula is C16H18N2O2. The van der Waals surface area contributed by atoms with Gasteiger partial charge in [0.05, 0.1) is 18.0 Å². The number of nitriles is 1. The molecule has 0 aromatic heterocycles. The van der Waals surface area contributed by atoms with Crippen molar-refractivity contribution in [3.05, 3.63) is 24.3 Å². The highest BCUT2D eigenvalue weighted by Crippen LogP contribution is 2.43. The van der Waals surface area contributed by atoms with Gasteiger partial charge in [-0.25, -0.2) is 0 Å². The largest absolute Gasteiger partial charge is 0.295 e. The summed E-state index contributed by atoms with van der Waals surface area (Å²) in [5, 5.41) is 9.29. The van der Waals surface area contributed by atoms with E-state index in [1.54, 1.807) is 12.2 Å². The van der Waals surface area contributed by atoms with E-state index in [-0.39, 0.29) is 41.0 Å². The summed E-state index contributed by atoms with van der Waals surface area (Å²) in [5.74, 6) is 0.0823. The number of fused-ring (bicyclic) bond motifs is 2. The summed E-state index contributed by atoms with van der Waals surface area (Å²) in [6.07, 6.45) is 8.10. The van der Waals surface area contributed by atoms with Crippen LogP contribution in [-0.2, 0) is 9.59 Å². The van der Waals surface area contributed by atoms with Gasteiger partial charge in [-0.05, 0) is 24.0 Å². The number of hydrogen-bond acceptors (Lipinski definition) is 4. The highest BCUT2D eigenvalue weighted by molar-refractivity contribution is 5.96. The van der Waals surface area contributed by atoms with Gasteiger partial charge in [-0.1, -0.05) is 26.0 Å². The molecule has 4 heteroatoms. The minimum atomic E-state index is -0.211. The second-order valence-electron chi connectivity index (χ2n) is 6.62. The topological polar surface area (TPSA) is 61.2 Å². The van der Waals surface area contributed by atoms with Crippen molar-refractivity contribution < 1.29 is 9.59 Å². The average molecular weight is 270 g/mol. The molecule has 0 spiro atoms. The smallest absolute Gasteiger partial charge is 0.172 e. The Hall–Kier alpha value is -1.73. The fraction of sp³-hybridized carbons (Fsp3) is 0.562. The molecule has 1 fully saturated rings. The van der Waals surface area contributed by atoms with Crippen molar-refractivity contribution >= 4 is 11.6 Å². The number of ketones is 2. The first-order valence-electron chi connectivity index (χ1n) is 7.04. The number of hydrogen-bond donors (Lipinski definition) is 0. The molecule has 104 valence electrons. The van der Waals surface area contributed by atoms with Crippen molar-refractivity contribution in [1.82, 2.24) is 4.90 Å². The zero-order valence-electron chi connectivity index (χ0n) is 11.7. The fourth-order valence-corrected chi connectivity index (χ4v) is 3.80. The van der Waals surface area contributed by atoms with Crippen LogP contribution >= 0.6 is 0 Å². The van der Waals surface area contributed by atoms with Crippen molar-refractivity contribution in [3.63, 3.8) is 0 Å². The van der Waals surface area contributed by atoms with E-state index in [2.05, 4.69) is 24.8 Å². The van der Waals surface area contributed by atoms with Crippen LogP contribution in [0.1, 0.15) is 26.7 Å². The van der Waals surface area contributed by atoms with Crippen LogP contribution in [0, 0.1) is 22.7 Å². The molecule has 1 saturated heterocycles. The lowest BCUT2D eigenvalue weighted by Crippen LogP contribution is -2.55. The molecule has 0 aromatic rings. The summed E-state index contributed by atoms with van der Waals surface area (Å²) >= 11 is 0. The van der Waals surface area contributed by atoms with E-state index in [1.807, 2.05) is 12.2 Å². The molecule has 20 heavy (non-hydrogen) atoms. The summed E-state index contributed by atoms with van der Waals surface area (Å²) in [7, 11) is 0. The summed E-state index contributed by atoms with van der Waals surface area (Å²) in [5.41, 5.74) is -0.210. The Morgan fingerprint density at radius 2 is 2.05 bits per heavy atom. The quantitative estimate of drug-likeness (QED) is 0.726. The molecule has 2 bridgehead atoms. The zero-order chi connectivity index (χ0) is 14.5. The molecule has 0 amide bonds. The summed E-state index contributed by atoms with van der Waals surface area (Å²) in [4.78, 5) is 25.9. The fourth-order valence-electron chi connectivity index (χ4n) is 3.80. The molecule has 1 aliphatic carbocycles. The molecule has 4 atom stereocenters. The second kappa shape index (κ2) is 4.39. The molecule has 3 aliphatic rings. The minimum absolute atomic E-state index is 0.00942. The van der Waals surface area contributed by atoms with E-state index in [4.69, 9.17) is 0 Å². The van der Waals surface area contributed by atoms with Gasteiger partial charge in [0.1, 0.15) is 0 Å². The van der Waals surface area contributed by atoms with Gasteiger partial charge in [0.2, 0.25) is 0 Å². The summed E-state index contributed by atoms with van der Waals surface area (Å²) in [6, 6.07) is 2.13. The third-order valence-electron chi connectivity index (χ3n) is 4.76. The van der Waals surface area contributed by atoms with Gasteiger partial charge in [-0.15, -0.1) is 0 Å². The maximum absolute atomic E-state index is 12.1. The Morgan fingerprint density at radius 3 is 2.70 bits per heavy atom. The first-order valence-corrected chi connectivity index (χ1v) is 7.04. The van der Waals surface area contributed by atoms with Gasteiger partial charge in [-0.3, -0.25) is 14.5 Å². The van der Waals surface area contributed by atoms with Crippen LogP contribution in [0.5, 0.6) is 0 Å². The van der Waals surface area contributed by atoms with Crippen LogP contribution in [0.4, 0.5) is 0 Å². The van der Waals surface area contributed by atoms with E-state index in [0.29, 0.717) is 12.8 Å². The standard InChI is InChI=1S/C16H18N2O2/c1-16(2)8-11(19)3-6-15(16)18-12-4-5-14(20)13(18)7-10(12)9-17/h3-6,10,12-13,15H,7-8H2,1-2H3. The molecule has 2 aliphatic heterocycles. The number of carbonyl (C=O) groups is 2. The van der Waals surface area contributed by atoms with Crippen molar-refractivity contribution in [2.75, 3.05) is 0 Å². The second-order valence-corrected chi connectivity index (χ2v) is 6.62. The zero-order valence-corrected chi connectivity index (χ0v) is 11.7. The van der Waals surface area contributed by atoms with E-state index in [0.717, 1.165) is 0 Å². The number of rotatable bonds is 1. The van der Waals surface area contributed by atoms with Gasteiger partial charge in [-0.2, -0.15) is 5.26 Å². The third kappa shape index (κ3) is 1.85. The molecule has 0 radical (unpaired) electrons. The number of allylic oxidation sites excluding steroid dienone is 1. The number of carbonyl (C=O) groups excluding carboxylic acids is 2. The van der Waals surface area contributed by atoms with Crippen LogP contribution in [-0.4, -0.2) is 34.6 Å². The molecule has 4 unspecified atom stereocenters. The van der Waals surface area contributed by atoms with E-state index < -0.39 is 0 Å². The van der Waals surface area contributed by atoms with Crippen LogP contribution < -0.4 is 0 Å². The predicted octanol–water partition coefficient (Wildman–Crippen LogP) is 1.63. The van der Waals surface area contributed by atoms with Gasteiger partial charge in [0, 0.05) is 18.5 Å². The van der Waals surface area contributed by atoms with Gasteiger partial charge < -0.3 is 0 Å². The third-order valence-corrected chi connectivity index (χ3v) is 4.76. The molecule has 3 rings (SSSR count). The molecule has 4 nitrogen and oxygen atoms in total. The maximum Gasteiger partial charge on any atom is 0.172 e. The Kier molecular flexibility index (Phi) is 2.91. The lowest BCUT2D eigenvalue weighted by atomic mass is 9.74. The van der Waals surface area contributed by atoms with Crippen molar-refractivity contribution in [2.24, 2.45) is 11.3 Å². The maximum atomic E-state index is 12.1. The van der Waals surface area contributed by atoms with Gasteiger partial charge >= 0.3 is 0 Å². The first-order chi connectivity index (χ1) is 9.44. The van der Waals surface area contributed by atoms with Crippen molar-refractivity contribution in [3.8, 4) is 6.07 Å².